The Balaban J connectivity index is 1.92. The molecule has 0 atom stereocenters. The van der Waals surface area contributed by atoms with Gasteiger partial charge in [0.15, 0.2) is 0 Å². The van der Waals surface area contributed by atoms with Crippen LogP contribution >= 0.6 is 0 Å². The molecule has 0 bridgehead atoms. The number of carboxylic acids is 1. The molecule has 1 aliphatic rings. The quantitative estimate of drug-likeness (QED) is 0.715. The molecule has 3 N–H and O–H groups in total. The molecule has 2 rings (SSSR count). The topological polar surface area (TPSA) is 112 Å². The largest absolute Gasteiger partial charge is 0.478 e. The lowest BCUT2D eigenvalue weighted by atomic mass is 10.2. The maximum absolute atomic E-state index is 12.0. The number of carbonyl (C=O) groups excluding carboxylic acids is 2. The van der Waals surface area contributed by atoms with E-state index in [0.29, 0.717) is 25.2 Å². The van der Waals surface area contributed by atoms with E-state index in [1.807, 2.05) is 0 Å². The molecular weight excluding hydrogens is 276 g/mol. The summed E-state index contributed by atoms with van der Waals surface area (Å²) < 4.78 is 0. The van der Waals surface area contributed by atoms with Crippen LogP contribution in [0.1, 0.15) is 22.5 Å². The van der Waals surface area contributed by atoms with Crippen molar-refractivity contribution in [1.29, 1.82) is 0 Å². The minimum atomic E-state index is -1.05. The van der Waals surface area contributed by atoms with Gasteiger partial charge in [-0.2, -0.15) is 0 Å². The molecule has 1 fully saturated rings. The van der Waals surface area contributed by atoms with E-state index in [-0.39, 0.29) is 30.6 Å². The molecule has 8 nitrogen and oxygen atoms in total. The number of nitrogens with one attached hydrogen (secondary N) is 2. The second-order valence-corrected chi connectivity index (χ2v) is 4.62. The third-order valence-corrected chi connectivity index (χ3v) is 3.03. The average molecular weight is 292 g/mol. The predicted octanol–water partition coefficient (Wildman–Crippen LogP) is -0.189. The standard InChI is InChI=1S/C13H16N4O4/c18-11-8-17(5-1-3-15-11)13(21)16-7-10-6-9(12(19)20)2-4-14-10/h2,4,6H,1,3,5,7-8H2,(H,15,18)(H,16,21)(H,19,20). The Labute approximate surface area is 121 Å². The molecule has 0 spiro atoms. The van der Waals surface area contributed by atoms with E-state index >= 15 is 0 Å². The summed E-state index contributed by atoms with van der Waals surface area (Å²) >= 11 is 0. The van der Waals surface area contributed by atoms with Crippen molar-refractivity contribution in [2.45, 2.75) is 13.0 Å². The third kappa shape index (κ3) is 4.16. The highest BCUT2D eigenvalue weighted by atomic mass is 16.4. The molecule has 1 aromatic rings. The SMILES string of the molecule is O=C1CN(C(=O)NCc2cc(C(=O)O)ccn2)CCCN1. The number of hydrogen-bond donors (Lipinski definition) is 3. The van der Waals surface area contributed by atoms with Gasteiger partial charge >= 0.3 is 12.0 Å². The number of aromatic carboxylic acids is 1. The Morgan fingerprint density at radius 3 is 3.05 bits per heavy atom. The highest BCUT2D eigenvalue weighted by Crippen LogP contribution is 2.03. The van der Waals surface area contributed by atoms with Crippen molar-refractivity contribution in [2.24, 2.45) is 0 Å². The van der Waals surface area contributed by atoms with E-state index in [2.05, 4.69) is 15.6 Å². The van der Waals surface area contributed by atoms with Gasteiger partial charge in [-0.15, -0.1) is 0 Å². The first-order chi connectivity index (χ1) is 10.1. The van der Waals surface area contributed by atoms with Crippen molar-refractivity contribution in [3.05, 3.63) is 29.6 Å². The first-order valence-corrected chi connectivity index (χ1v) is 6.54. The Hall–Kier alpha value is -2.64. The number of hydrogen-bond acceptors (Lipinski definition) is 4. The first-order valence-electron chi connectivity index (χ1n) is 6.54. The Morgan fingerprint density at radius 1 is 1.48 bits per heavy atom. The van der Waals surface area contributed by atoms with Gasteiger partial charge in [0.25, 0.3) is 0 Å². The van der Waals surface area contributed by atoms with Crippen LogP contribution in [-0.2, 0) is 11.3 Å². The molecule has 2 heterocycles. The summed E-state index contributed by atoms with van der Waals surface area (Å²) in [7, 11) is 0. The molecule has 0 unspecified atom stereocenters. The van der Waals surface area contributed by atoms with Crippen LogP contribution in [0.15, 0.2) is 18.3 Å². The number of aromatic nitrogens is 1. The molecule has 1 aromatic heterocycles. The number of pyridine rings is 1. The fourth-order valence-corrected chi connectivity index (χ4v) is 1.97. The Kier molecular flexibility index (Phi) is 4.70. The maximum atomic E-state index is 12.0. The zero-order valence-electron chi connectivity index (χ0n) is 11.3. The van der Waals surface area contributed by atoms with E-state index in [1.54, 1.807) is 0 Å². The lowest BCUT2D eigenvalue weighted by Crippen LogP contribution is -2.43. The molecular formula is C13H16N4O4. The lowest BCUT2D eigenvalue weighted by Gasteiger charge is -2.19. The molecule has 0 radical (unpaired) electrons. The van der Waals surface area contributed by atoms with Gasteiger partial charge in [-0.3, -0.25) is 9.78 Å². The smallest absolute Gasteiger partial charge is 0.335 e. The molecule has 0 saturated carbocycles. The van der Waals surface area contributed by atoms with Crippen LogP contribution in [0.2, 0.25) is 0 Å². The van der Waals surface area contributed by atoms with Crippen LogP contribution in [0.3, 0.4) is 0 Å². The van der Waals surface area contributed by atoms with Crippen molar-refractivity contribution in [1.82, 2.24) is 20.5 Å². The van der Waals surface area contributed by atoms with E-state index < -0.39 is 5.97 Å². The van der Waals surface area contributed by atoms with Crippen molar-refractivity contribution in [2.75, 3.05) is 19.6 Å². The van der Waals surface area contributed by atoms with Crippen LogP contribution in [-0.4, -0.2) is 52.5 Å². The molecule has 21 heavy (non-hydrogen) atoms. The fourth-order valence-electron chi connectivity index (χ4n) is 1.97. The van der Waals surface area contributed by atoms with Gasteiger partial charge in [-0.1, -0.05) is 0 Å². The van der Waals surface area contributed by atoms with Gasteiger partial charge in [0, 0.05) is 19.3 Å². The van der Waals surface area contributed by atoms with Gasteiger partial charge < -0.3 is 20.6 Å². The molecule has 8 heteroatoms. The van der Waals surface area contributed by atoms with Gasteiger partial charge in [0.1, 0.15) is 6.54 Å². The van der Waals surface area contributed by atoms with Gasteiger partial charge in [-0.05, 0) is 18.6 Å². The van der Waals surface area contributed by atoms with Gasteiger partial charge in [-0.25, -0.2) is 9.59 Å². The van der Waals surface area contributed by atoms with Crippen molar-refractivity contribution >= 4 is 17.9 Å². The number of carboxylic acid groups (broad SMARTS) is 1. The van der Waals surface area contributed by atoms with E-state index in [1.165, 1.54) is 23.2 Å². The minimum absolute atomic E-state index is 0.0222. The minimum Gasteiger partial charge on any atom is -0.478 e. The average Bonchev–Trinajstić information content (AvgIpc) is 2.69. The van der Waals surface area contributed by atoms with Crippen LogP contribution in [0.25, 0.3) is 0 Å². The van der Waals surface area contributed by atoms with Crippen LogP contribution in [0.5, 0.6) is 0 Å². The Bertz CT molecular complexity index is 561. The van der Waals surface area contributed by atoms with Crippen molar-refractivity contribution in [3.8, 4) is 0 Å². The summed E-state index contributed by atoms with van der Waals surface area (Å²) in [4.78, 5) is 39.6. The zero-order chi connectivity index (χ0) is 15.2. The van der Waals surface area contributed by atoms with E-state index in [9.17, 15) is 14.4 Å². The summed E-state index contributed by atoms with van der Waals surface area (Å²) in [6.07, 6.45) is 2.08. The third-order valence-electron chi connectivity index (χ3n) is 3.03. The molecule has 112 valence electrons. The summed E-state index contributed by atoms with van der Waals surface area (Å²) in [5.74, 6) is -1.23. The number of rotatable bonds is 3. The van der Waals surface area contributed by atoms with E-state index in [4.69, 9.17) is 5.11 Å². The second kappa shape index (κ2) is 6.69. The molecule has 1 saturated heterocycles. The number of amides is 3. The highest BCUT2D eigenvalue weighted by molar-refractivity contribution is 5.87. The summed E-state index contributed by atoms with van der Waals surface area (Å²) in [6, 6.07) is 2.42. The second-order valence-electron chi connectivity index (χ2n) is 4.62. The highest BCUT2D eigenvalue weighted by Gasteiger charge is 2.19. The molecule has 1 aliphatic heterocycles. The van der Waals surface area contributed by atoms with Crippen molar-refractivity contribution < 1.29 is 19.5 Å². The maximum Gasteiger partial charge on any atom is 0.335 e. The molecule has 0 aromatic carbocycles. The van der Waals surface area contributed by atoms with Crippen LogP contribution in [0, 0.1) is 0 Å². The van der Waals surface area contributed by atoms with Crippen molar-refractivity contribution in [3.63, 3.8) is 0 Å². The normalized spacial score (nSPS) is 15.0. The number of urea groups is 1. The fraction of sp³-hybridized carbons (Fsp3) is 0.385. The summed E-state index contributed by atoms with van der Waals surface area (Å²) in [5.41, 5.74) is 0.561. The van der Waals surface area contributed by atoms with Gasteiger partial charge in [0.2, 0.25) is 5.91 Å². The van der Waals surface area contributed by atoms with E-state index in [0.717, 1.165) is 0 Å². The zero-order valence-corrected chi connectivity index (χ0v) is 11.3. The monoisotopic (exact) mass is 292 g/mol. The molecule has 0 aliphatic carbocycles. The summed E-state index contributed by atoms with van der Waals surface area (Å²) in [6.45, 7) is 1.19. The Morgan fingerprint density at radius 2 is 2.29 bits per heavy atom. The van der Waals surface area contributed by atoms with Gasteiger partial charge in [0.05, 0.1) is 17.8 Å². The van der Waals surface area contributed by atoms with Crippen LogP contribution < -0.4 is 10.6 Å². The predicted molar refractivity (Wildman–Crippen MR) is 72.6 cm³/mol. The first kappa shape index (κ1) is 14.8. The summed E-state index contributed by atoms with van der Waals surface area (Å²) in [5, 5.41) is 14.2. The molecule has 3 amide bonds. The number of carbonyl (C=O) groups is 3. The number of nitrogens with zero attached hydrogens (tertiary/aromatic N) is 2. The van der Waals surface area contributed by atoms with Crippen LogP contribution in [0.4, 0.5) is 4.79 Å². The lowest BCUT2D eigenvalue weighted by molar-refractivity contribution is -0.121.